The van der Waals surface area contributed by atoms with E-state index < -0.39 is 0 Å². The summed E-state index contributed by atoms with van der Waals surface area (Å²) in [7, 11) is 0.560. The molecule has 2 aromatic carbocycles. The van der Waals surface area contributed by atoms with Gasteiger partial charge in [-0.05, 0) is 50.5 Å². The molecule has 2 aromatic rings. The molecule has 3 heteroatoms. The third-order valence-electron chi connectivity index (χ3n) is 4.50. The molecule has 0 fully saturated rings. The van der Waals surface area contributed by atoms with E-state index in [-0.39, 0.29) is 10.7 Å². The molecule has 1 N–H and O–H groups in total. The first kappa shape index (κ1) is 19.7. The monoisotopic (exact) mass is 355 g/mol. The normalized spacial score (nSPS) is 15.1. The van der Waals surface area contributed by atoms with E-state index in [0.717, 1.165) is 17.5 Å². The molecule has 0 aliphatic rings. The van der Waals surface area contributed by atoms with E-state index >= 15 is 0 Å². The van der Waals surface area contributed by atoms with Crippen molar-refractivity contribution in [3.63, 3.8) is 0 Å². The number of hydrogen-bond donors (Lipinski definition) is 1. The highest BCUT2D eigenvalue weighted by Crippen LogP contribution is 2.47. The number of para-hydroxylation sites is 1. The second kappa shape index (κ2) is 7.70. The molecule has 0 saturated carbocycles. The van der Waals surface area contributed by atoms with Crippen molar-refractivity contribution in [3.8, 4) is 5.75 Å². The first-order valence-electron chi connectivity index (χ1n) is 8.88. The molecule has 0 amide bonds. The van der Waals surface area contributed by atoms with E-state index in [9.17, 15) is 5.11 Å². The van der Waals surface area contributed by atoms with Crippen molar-refractivity contribution in [2.45, 2.75) is 58.7 Å². The third-order valence-corrected chi connectivity index (χ3v) is 6.40. The van der Waals surface area contributed by atoms with Gasteiger partial charge in [0.05, 0.1) is 5.54 Å². The van der Waals surface area contributed by atoms with Gasteiger partial charge in [0.15, 0.2) is 0 Å². The summed E-state index contributed by atoms with van der Waals surface area (Å²) in [6.45, 7) is 12.7. The Bertz CT molecular complexity index is 761. The van der Waals surface area contributed by atoms with Crippen molar-refractivity contribution in [1.29, 1.82) is 0 Å². The van der Waals surface area contributed by atoms with Gasteiger partial charge in [-0.15, -0.1) is 0 Å². The van der Waals surface area contributed by atoms with Gasteiger partial charge < -0.3 is 5.11 Å². The molecule has 0 saturated heterocycles. The van der Waals surface area contributed by atoms with Crippen LogP contribution in [0.3, 0.4) is 0 Å². The largest absolute Gasteiger partial charge is 0.507 e. The maximum absolute atomic E-state index is 10.6. The van der Waals surface area contributed by atoms with Gasteiger partial charge in [-0.25, -0.2) is 0 Å². The minimum absolute atomic E-state index is 0.0842. The molecule has 0 aliphatic heterocycles. The molecule has 0 heterocycles. The van der Waals surface area contributed by atoms with Crippen LogP contribution in [0.1, 0.15) is 57.7 Å². The van der Waals surface area contributed by atoms with Gasteiger partial charge in [0.25, 0.3) is 0 Å². The van der Waals surface area contributed by atoms with Crippen molar-refractivity contribution in [2.24, 2.45) is 4.99 Å². The van der Waals surface area contributed by atoms with Crippen LogP contribution in [-0.4, -0.2) is 16.9 Å². The summed E-state index contributed by atoms with van der Waals surface area (Å²) < 4.78 is 0. The Balaban J connectivity index is 2.43. The van der Waals surface area contributed by atoms with E-state index in [1.54, 1.807) is 0 Å². The molecule has 0 aromatic heterocycles. The van der Waals surface area contributed by atoms with Crippen LogP contribution in [0.2, 0.25) is 0 Å². The van der Waals surface area contributed by atoms with Crippen molar-refractivity contribution >= 4 is 20.1 Å². The summed E-state index contributed by atoms with van der Waals surface area (Å²) >= 11 is 0. The van der Waals surface area contributed by atoms with Gasteiger partial charge in [-0.1, -0.05) is 64.9 Å². The first-order chi connectivity index (χ1) is 11.7. The van der Waals surface area contributed by atoms with Gasteiger partial charge >= 0.3 is 0 Å². The van der Waals surface area contributed by atoms with Crippen LogP contribution in [0, 0.1) is 6.92 Å². The highest BCUT2D eigenvalue weighted by atomic mass is 31.1. The number of nitrogens with zero attached hydrogens (tertiary/aromatic N) is 1. The predicted molar refractivity (Wildman–Crippen MR) is 112 cm³/mol. The summed E-state index contributed by atoms with van der Waals surface area (Å²) in [4.78, 5) is 4.68. The molecule has 134 valence electrons. The standard InChI is InChI=1S/C22H30NOP/c1-7-22(6,18-13-10-11-16(2)20(18)24)25-19-14-9-8-12-17(19)15-23-21(3,4)5/h8-15,24-25H,7H2,1-6H3. The van der Waals surface area contributed by atoms with Crippen LogP contribution in [0.25, 0.3) is 0 Å². The van der Waals surface area contributed by atoms with E-state index in [2.05, 4.69) is 69.9 Å². The van der Waals surface area contributed by atoms with Gasteiger partial charge in [0.2, 0.25) is 0 Å². The summed E-state index contributed by atoms with van der Waals surface area (Å²) in [6, 6.07) is 14.5. The van der Waals surface area contributed by atoms with Crippen LogP contribution < -0.4 is 5.30 Å². The topological polar surface area (TPSA) is 32.6 Å². The minimum atomic E-state index is -0.0955. The zero-order chi connectivity index (χ0) is 18.7. The SMILES string of the molecule is CCC(C)(Pc1ccccc1C=NC(C)(C)C)c1cccc(C)c1O. The number of rotatable bonds is 5. The molecule has 25 heavy (non-hydrogen) atoms. The third kappa shape index (κ3) is 4.92. The van der Waals surface area contributed by atoms with E-state index in [1.165, 1.54) is 10.9 Å². The fraction of sp³-hybridized carbons (Fsp3) is 0.409. The Morgan fingerprint density at radius 2 is 1.72 bits per heavy atom. The Labute approximate surface area is 154 Å². The van der Waals surface area contributed by atoms with E-state index in [1.807, 2.05) is 25.3 Å². The number of hydrogen-bond acceptors (Lipinski definition) is 2. The summed E-state index contributed by atoms with van der Waals surface area (Å²) in [5.41, 5.74) is 3.06. The molecule has 0 aliphatic carbocycles. The van der Waals surface area contributed by atoms with E-state index in [0.29, 0.717) is 14.3 Å². The number of aromatic hydroxyl groups is 1. The second-order valence-electron chi connectivity index (χ2n) is 7.80. The van der Waals surface area contributed by atoms with Crippen LogP contribution in [0.15, 0.2) is 47.5 Å². The Morgan fingerprint density at radius 1 is 1.04 bits per heavy atom. The smallest absolute Gasteiger partial charge is 0.122 e. The lowest BCUT2D eigenvalue weighted by Gasteiger charge is -2.31. The molecule has 0 spiro atoms. The van der Waals surface area contributed by atoms with Crippen LogP contribution in [0.4, 0.5) is 0 Å². The fourth-order valence-corrected chi connectivity index (χ4v) is 4.31. The molecule has 2 atom stereocenters. The number of phenolic OH excluding ortho intramolecular Hbond substituents is 1. The van der Waals surface area contributed by atoms with Crippen molar-refractivity contribution < 1.29 is 5.11 Å². The lowest BCUT2D eigenvalue weighted by Crippen LogP contribution is -2.20. The maximum Gasteiger partial charge on any atom is 0.122 e. The van der Waals surface area contributed by atoms with Crippen LogP contribution in [-0.2, 0) is 5.16 Å². The van der Waals surface area contributed by atoms with Crippen LogP contribution >= 0.6 is 8.58 Å². The first-order valence-corrected chi connectivity index (χ1v) is 9.88. The lowest BCUT2D eigenvalue weighted by molar-refractivity contribution is 0.452. The molecule has 2 unspecified atom stereocenters. The number of phenols is 1. The Morgan fingerprint density at radius 3 is 2.36 bits per heavy atom. The zero-order valence-corrected chi connectivity index (χ0v) is 17.2. The quantitative estimate of drug-likeness (QED) is 0.554. The molecule has 2 rings (SSSR count). The number of benzene rings is 2. The fourth-order valence-electron chi connectivity index (χ4n) is 2.73. The molecule has 0 bridgehead atoms. The highest BCUT2D eigenvalue weighted by molar-refractivity contribution is 7.48. The maximum atomic E-state index is 10.6. The van der Waals surface area contributed by atoms with Gasteiger partial charge in [-0.3, -0.25) is 4.99 Å². The van der Waals surface area contributed by atoms with Gasteiger partial charge in [-0.2, -0.15) is 0 Å². The van der Waals surface area contributed by atoms with Crippen molar-refractivity contribution in [2.75, 3.05) is 0 Å². The van der Waals surface area contributed by atoms with Crippen molar-refractivity contribution in [1.82, 2.24) is 0 Å². The number of aryl methyl sites for hydroxylation is 1. The Kier molecular flexibility index (Phi) is 6.06. The predicted octanol–water partition coefficient (Wildman–Crippen LogP) is 5.55. The van der Waals surface area contributed by atoms with Gasteiger partial charge in [0.1, 0.15) is 5.75 Å². The number of aliphatic imine (C=N–C) groups is 1. The summed E-state index contributed by atoms with van der Waals surface area (Å²) in [5, 5.41) is 11.8. The summed E-state index contributed by atoms with van der Waals surface area (Å²) in [5.74, 6) is 0.431. The molecular formula is C22H30NOP. The molecule has 0 radical (unpaired) electrons. The highest BCUT2D eigenvalue weighted by Gasteiger charge is 2.29. The van der Waals surface area contributed by atoms with Crippen molar-refractivity contribution in [3.05, 3.63) is 59.2 Å². The molecular weight excluding hydrogens is 325 g/mol. The zero-order valence-electron chi connectivity index (χ0n) is 16.2. The average molecular weight is 355 g/mol. The minimum Gasteiger partial charge on any atom is -0.507 e. The van der Waals surface area contributed by atoms with Gasteiger partial charge in [0, 0.05) is 16.9 Å². The summed E-state index contributed by atoms with van der Waals surface area (Å²) in [6.07, 6.45) is 2.96. The van der Waals surface area contributed by atoms with E-state index in [4.69, 9.17) is 0 Å². The lowest BCUT2D eigenvalue weighted by atomic mass is 9.94. The average Bonchev–Trinajstić information content (AvgIpc) is 2.55. The molecule has 2 nitrogen and oxygen atoms in total. The van der Waals surface area contributed by atoms with Crippen LogP contribution in [0.5, 0.6) is 5.75 Å². The Hall–Kier alpha value is -1.66. The second-order valence-corrected chi connectivity index (χ2v) is 9.69.